The summed E-state index contributed by atoms with van der Waals surface area (Å²) in [7, 11) is 0. The van der Waals surface area contributed by atoms with Crippen molar-refractivity contribution in [3.05, 3.63) is 105 Å². The Bertz CT molecular complexity index is 1320. The third kappa shape index (κ3) is 3.50. The normalized spacial score (nSPS) is 15.3. The van der Waals surface area contributed by atoms with Crippen LogP contribution in [0.5, 0.6) is 0 Å². The van der Waals surface area contributed by atoms with Crippen molar-refractivity contribution in [2.75, 3.05) is 5.32 Å². The maximum absolute atomic E-state index is 13.4. The van der Waals surface area contributed by atoms with E-state index in [1.807, 2.05) is 54.6 Å². The Morgan fingerprint density at radius 2 is 1.74 bits per heavy atom. The summed E-state index contributed by atoms with van der Waals surface area (Å²) in [4.78, 5) is 31.0. The van der Waals surface area contributed by atoms with Crippen LogP contribution in [0.25, 0.3) is 10.9 Å². The average Bonchev–Trinajstić information content (AvgIpc) is 2.80. The van der Waals surface area contributed by atoms with Crippen LogP contribution in [0.3, 0.4) is 0 Å². The number of pyridine rings is 1. The molecule has 2 N–H and O–H groups in total. The van der Waals surface area contributed by atoms with Crippen molar-refractivity contribution in [3.63, 3.8) is 0 Å². The molecular weight excluding hydrogens is 503 g/mol. The molecule has 2 heterocycles. The number of fused-ring (bicyclic) bond motifs is 2. The third-order valence-corrected chi connectivity index (χ3v) is 6.17. The summed E-state index contributed by atoms with van der Waals surface area (Å²) in [5.41, 5.74) is 6.10. The lowest BCUT2D eigenvalue weighted by atomic mass is 10.0. The smallest absolute Gasteiger partial charge is 0.276 e. The van der Waals surface area contributed by atoms with Crippen LogP contribution in [-0.4, -0.2) is 21.8 Å². The van der Waals surface area contributed by atoms with Crippen molar-refractivity contribution >= 4 is 51.0 Å². The molecule has 5 rings (SSSR count). The van der Waals surface area contributed by atoms with E-state index in [9.17, 15) is 9.59 Å². The molecule has 6 nitrogen and oxygen atoms in total. The second-order valence-corrected chi connectivity index (χ2v) is 8.27. The molecule has 0 spiro atoms. The number of para-hydroxylation sites is 2. The van der Waals surface area contributed by atoms with E-state index in [2.05, 4.69) is 38.3 Å². The van der Waals surface area contributed by atoms with Gasteiger partial charge in [-0.25, -0.2) is 5.01 Å². The van der Waals surface area contributed by atoms with Crippen molar-refractivity contribution in [1.82, 2.24) is 15.4 Å². The average molecular weight is 520 g/mol. The minimum atomic E-state index is -0.619. The Balaban J connectivity index is 1.61. The Hall–Kier alpha value is -3.46. The molecule has 7 heteroatoms. The van der Waals surface area contributed by atoms with Crippen LogP contribution in [0.15, 0.2) is 85.1 Å². The Kier molecular flexibility index (Phi) is 5.03. The van der Waals surface area contributed by atoms with Gasteiger partial charge in [-0.1, -0.05) is 48.5 Å². The van der Waals surface area contributed by atoms with E-state index in [4.69, 9.17) is 0 Å². The van der Waals surface area contributed by atoms with Gasteiger partial charge in [0.05, 0.1) is 16.6 Å². The Labute approximate surface area is 192 Å². The number of benzene rings is 3. The fraction of sp³-hybridized carbons (Fsp3) is 0.0417. The summed E-state index contributed by atoms with van der Waals surface area (Å²) >= 11 is 2.11. The van der Waals surface area contributed by atoms with E-state index in [0.717, 1.165) is 20.0 Å². The van der Waals surface area contributed by atoms with Gasteiger partial charge in [-0.05, 0) is 52.9 Å². The third-order valence-electron chi connectivity index (χ3n) is 5.23. The number of carbonyl (C=O) groups is 2. The number of halogens is 1. The van der Waals surface area contributed by atoms with E-state index in [-0.39, 0.29) is 11.8 Å². The maximum atomic E-state index is 13.4. The highest BCUT2D eigenvalue weighted by atomic mass is 127. The Morgan fingerprint density at radius 1 is 0.968 bits per heavy atom. The molecule has 0 unspecified atom stereocenters. The zero-order chi connectivity index (χ0) is 21.4. The van der Waals surface area contributed by atoms with Gasteiger partial charge in [-0.15, -0.1) is 0 Å². The van der Waals surface area contributed by atoms with Crippen LogP contribution in [0.1, 0.15) is 32.4 Å². The number of hydrogen-bond acceptors (Lipinski definition) is 4. The summed E-state index contributed by atoms with van der Waals surface area (Å²) in [5, 5.41) is 5.72. The SMILES string of the molecule is O=C(NN1C(=O)c2ccccc2N[C@@H]1c1cccc2cccnc12)c1ccccc1I. The first-order valence-electron chi connectivity index (χ1n) is 9.72. The molecule has 4 aromatic rings. The number of hydrazine groups is 1. The summed E-state index contributed by atoms with van der Waals surface area (Å²) < 4.78 is 0.804. The molecule has 0 saturated heterocycles. The molecule has 0 radical (unpaired) electrons. The summed E-state index contributed by atoms with van der Waals surface area (Å²) in [6, 6.07) is 24.2. The minimum absolute atomic E-state index is 0.286. The first-order valence-corrected chi connectivity index (χ1v) is 10.8. The first kappa shape index (κ1) is 19.5. The van der Waals surface area contributed by atoms with E-state index < -0.39 is 6.17 Å². The second kappa shape index (κ2) is 7.99. The van der Waals surface area contributed by atoms with Crippen molar-refractivity contribution in [1.29, 1.82) is 0 Å². The molecule has 0 saturated carbocycles. The number of aromatic nitrogens is 1. The van der Waals surface area contributed by atoms with Gasteiger partial charge in [-0.3, -0.25) is 20.0 Å². The van der Waals surface area contributed by atoms with Crippen molar-refractivity contribution < 1.29 is 9.59 Å². The van der Waals surface area contributed by atoms with Crippen LogP contribution < -0.4 is 10.7 Å². The number of nitrogens with one attached hydrogen (secondary N) is 2. The molecule has 0 fully saturated rings. The van der Waals surface area contributed by atoms with Crippen molar-refractivity contribution in [3.8, 4) is 0 Å². The molecule has 1 aliphatic heterocycles. The van der Waals surface area contributed by atoms with E-state index in [0.29, 0.717) is 16.8 Å². The molecule has 3 aromatic carbocycles. The highest BCUT2D eigenvalue weighted by Crippen LogP contribution is 2.34. The minimum Gasteiger partial charge on any atom is -0.359 e. The molecule has 152 valence electrons. The molecule has 1 aliphatic rings. The lowest BCUT2D eigenvalue weighted by Crippen LogP contribution is -2.53. The van der Waals surface area contributed by atoms with Crippen LogP contribution in [0.2, 0.25) is 0 Å². The van der Waals surface area contributed by atoms with E-state index in [1.54, 1.807) is 30.5 Å². The van der Waals surface area contributed by atoms with E-state index >= 15 is 0 Å². The number of rotatable bonds is 3. The fourth-order valence-corrected chi connectivity index (χ4v) is 4.38. The lowest BCUT2D eigenvalue weighted by Gasteiger charge is -2.38. The number of amides is 2. The van der Waals surface area contributed by atoms with E-state index in [1.165, 1.54) is 5.01 Å². The highest BCUT2D eigenvalue weighted by Gasteiger charge is 2.35. The van der Waals surface area contributed by atoms with Crippen molar-refractivity contribution in [2.45, 2.75) is 6.17 Å². The molecule has 2 amide bonds. The highest BCUT2D eigenvalue weighted by molar-refractivity contribution is 14.1. The van der Waals surface area contributed by atoms with Crippen LogP contribution >= 0.6 is 22.6 Å². The predicted molar refractivity (Wildman–Crippen MR) is 127 cm³/mol. The van der Waals surface area contributed by atoms with Crippen LogP contribution in [0.4, 0.5) is 5.69 Å². The number of hydrogen-bond donors (Lipinski definition) is 2. The second-order valence-electron chi connectivity index (χ2n) is 7.11. The van der Waals surface area contributed by atoms with Gasteiger partial charge < -0.3 is 5.32 Å². The Morgan fingerprint density at radius 3 is 2.61 bits per heavy atom. The summed E-state index contributed by atoms with van der Waals surface area (Å²) in [6.07, 6.45) is 1.10. The zero-order valence-electron chi connectivity index (χ0n) is 16.2. The topological polar surface area (TPSA) is 74.3 Å². The van der Waals surface area contributed by atoms with Gasteiger partial charge in [0, 0.05) is 26.4 Å². The van der Waals surface area contributed by atoms with Gasteiger partial charge in [0.1, 0.15) is 0 Å². The summed E-state index contributed by atoms with van der Waals surface area (Å²) in [5.74, 6) is -0.635. The predicted octanol–water partition coefficient (Wildman–Crippen LogP) is 4.75. The molecule has 1 atom stereocenters. The fourth-order valence-electron chi connectivity index (χ4n) is 3.75. The maximum Gasteiger partial charge on any atom is 0.276 e. The molecule has 31 heavy (non-hydrogen) atoms. The molecular formula is C24H17IN4O2. The number of anilines is 1. The first-order chi connectivity index (χ1) is 15.1. The lowest BCUT2D eigenvalue weighted by molar-refractivity contribution is 0.0492. The largest absolute Gasteiger partial charge is 0.359 e. The summed E-state index contributed by atoms with van der Waals surface area (Å²) in [6.45, 7) is 0. The molecule has 0 aliphatic carbocycles. The number of nitrogens with zero attached hydrogens (tertiary/aromatic N) is 2. The zero-order valence-corrected chi connectivity index (χ0v) is 18.4. The molecule has 1 aromatic heterocycles. The van der Waals surface area contributed by atoms with Gasteiger partial charge in [0.25, 0.3) is 11.8 Å². The van der Waals surface area contributed by atoms with Crippen molar-refractivity contribution in [2.24, 2.45) is 0 Å². The van der Waals surface area contributed by atoms with Crippen LogP contribution in [-0.2, 0) is 0 Å². The van der Waals surface area contributed by atoms with Gasteiger partial charge in [0.2, 0.25) is 0 Å². The standard InChI is InChI=1S/C24H17IN4O2/c25-19-12-3-1-9-16(19)23(30)28-29-22(27-20-13-4-2-10-17(20)24(29)31)18-11-5-7-15-8-6-14-26-21(15)18/h1-14,22,27H,(H,28,30)/t22-/m0/s1. The van der Waals surface area contributed by atoms with Gasteiger partial charge in [0.15, 0.2) is 6.17 Å². The quantitative estimate of drug-likeness (QED) is 0.383. The molecule has 0 bridgehead atoms. The monoisotopic (exact) mass is 520 g/mol. The van der Waals surface area contributed by atoms with Crippen LogP contribution in [0, 0.1) is 3.57 Å². The number of carbonyl (C=O) groups excluding carboxylic acids is 2. The van der Waals surface area contributed by atoms with Gasteiger partial charge >= 0.3 is 0 Å². The van der Waals surface area contributed by atoms with Gasteiger partial charge in [-0.2, -0.15) is 0 Å².